The molecule has 0 aliphatic rings. The van der Waals surface area contributed by atoms with Crippen LogP contribution in [-0.2, 0) is 0 Å². The summed E-state index contributed by atoms with van der Waals surface area (Å²) in [4.78, 5) is 4.40. The maximum Gasteiger partial charge on any atom is 0.0874 e. The first-order valence-electron chi connectivity index (χ1n) is 5.26. The van der Waals surface area contributed by atoms with Gasteiger partial charge >= 0.3 is 0 Å². The van der Waals surface area contributed by atoms with Crippen molar-refractivity contribution in [3.05, 3.63) is 29.3 Å². The molecule has 0 heterocycles. The van der Waals surface area contributed by atoms with Crippen LogP contribution >= 0.6 is 0 Å². The Hall–Kier alpha value is -1.31. The Bertz CT molecular complexity index is 339. The van der Waals surface area contributed by atoms with Crippen molar-refractivity contribution in [1.82, 2.24) is 0 Å². The maximum absolute atomic E-state index is 4.40. The van der Waals surface area contributed by atoms with E-state index in [1.54, 1.807) is 6.34 Å². The summed E-state index contributed by atoms with van der Waals surface area (Å²) in [5.74, 6) is 0. The molecule has 0 aromatic heterocycles. The number of aryl methyl sites for hydroxylation is 2. The van der Waals surface area contributed by atoms with Gasteiger partial charge in [0.15, 0.2) is 0 Å². The second kappa shape index (κ2) is 4.47. The molecule has 0 bridgehead atoms. The number of hydrogen-bond acceptors (Lipinski definition) is 1. The summed E-state index contributed by atoms with van der Waals surface area (Å²) in [5.41, 5.74) is 3.63. The van der Waals surface area contributed by atoms with Crippen LogP contribution in [0.4, 0.5) is 5.69 Å². The van der Waals surface area contributed by atoms with E-state index in [9.17, 15) is 0 Å². The van der Waals surface area contributed by atoms with Crippen LogP contribution in [0.15, 0.2) is 23.2 Å². The molecule has 0 aliphatic heterocycles. The van der Waals surface area contributed by atoms with Crippen LogP contribution in [0.2, 0.25) is 0 Å². The van der Waals surface area contributed by atoms with Gasteiger partial charge in [0.2, 0.25) is 0 Å². The third kappa shape index (κ3) is 3.74. The Kier molecular flexibility index (Phi) is 3.51. The van der Waals surface area contributed by atoms with Crippen LogP contribution in [0.5, 0.6) is 0 Å². The highest BCUT2D eigenvalue weighted by Crippen LogP contribution is 2.18. The Morgan fingerprint density at radius 2 is 1.67 bits per heavy atom. The Balaban J connectivity index is 2.78. The summed E-state index contributed by atoms with van der Waals surface area (Å²) in [6.45, 7) is 10.4. The van der Waals surface area contributed by atoms with E-state index in [-0.39, 0.29) is 5.54 Å². The van der Waals surface area contributed by atoms with Crippen LogP contribution < -0.4 is 5.32 Å². The molecular weight excluding hydrogens is 184 g/mol. The van der Waals surface area contributed by atoms with E-state index in [1.165, 1.54) is 11.1 Å². The molecule has 1 N–H and O–H groups in total. The third-order valence-corrected chi connectivity index (χ3v) is 2.14. The summed E-state index contributed by atoms with van der Waals surface area (Å²) in [7, 11) is 0. The number of anilines is 1. The highest BCUT2D eigenvalue weighted by atomic mass is 15.0. The summed E-state index contributed by atoms with van der Waals surface area (Å²) in [6, 6.07) is 6.26. The van der Waals surface area contributed by atoms with E-state index >= 15 is 0 Å². The summed E-state index contributed by atoms with van der Waals surface area (Å²) in [5, 5.41) is 3.25. The van der Waals surface area contributed by atoms with Gasteiger partial charge in [-0.15, -0.1) is 0 Å². The van der Waals surface area contributed by atoms with E-state index in [0.717, 1.165) is 5.69 Å². The SMILES string of the molecule is Cc1cccc(C)c1NC=NC(C)(C)C. The van der Waals surface area contributed by atoms with Crippen LogP contribution in [0.1, 0.15) is 31.9 Å². The number of nitrogens with zero attached hydrogens (tertiary/aromatic N) is 1. The lowest BCUT2D eigenvalue weighted by Crippen LogP contribution is -2.12. The molecule has 1 aromatic rings. The molecule has 2 nitrogen and oxygen atoms in total. The van der Waals surface area contributed by atoms with Crippen LogP contribution in [0.25, 0.3) is 0 Å². The van der Waals surface area contributed by atoms with Crippen LogP contribution in [0.3, 0.4) is 0 Å². The Morgan fingerprint density at radius 3 is 2.13 bits per heavy atom. The van der Waals surface area contributed by atoms with E-state index in [0.29, 0.717) is 0 Å². The molecule has 0 aliphatic carbocycles. The fourth-order valence-corrected chi connectivity index (χ4v) is 1.33. The van der Waals surface area contributed by atoms with Crippen molar-refractivity contribution in [2.24, 2.45) is 4.99 Å². The van der Waals surface area contributed by atoms with E-state index in [2.05, 4.69) is 63.1 Å². The molecular formula is C13H20N2. The molecule has 0 saturated carbocycles. The Morgan fingerprint density at radius 1 is 1.13 bits per heavy atom. The number of aliphatic imine (C=N–C) groups is 1. The van der Waals surface area contributed by atoms with E-state index < -0.39 is 0 Å². The first-order chi connectivity index (χ1) is 6.90. The van der Waals surface area contributed by atoms with Gasteiger partial charge < -0.3 is 5.32 Å². The first kappa shape index (κ1) is 11.8. The zero-order valence-corrected chi connectivity index (χ0v) is 10.3. The zero-order valence-electron chi connectivity index (χ0n) is 10.3. The predicted molar refractivity (Wildman–Crippen MR) is 67.8 cm³/mol. The molecule has 15 heavy (non-hydrogen) atoms. The van der Waals surface area contributed by atoms with E-state index in [4.69, 9.17) is 0 Å². The van der Waals surface area contributed by atoms with Gasteiger partial charge in [0, 0.05) is 5.69 Å². The molecule has 2 heteroatoms. The van der Waals surface area contributed by atoms with Crippen LogP contribution in [0, 0.1) is 13.8 Å². The number of benzene rings is 1. The van der Waals surface area contributed by atoms with Crippen LogP contribution in [-0.4, -0.2) is 11.9 Å². The average molecular weight is 204 g/mol. The Labute approximate surface area is 92.4 Å². The fraction of sp³-hybridized carbons (Fsp3) is 0.462. The minimum absolute atomic E-state index is 0.0242. The van der Waals surface area contributed by atoms with Gasteiger partial charge in [-0.3, -0.25) is 4.99 Å². The lowest BCUT2D eigenvalue weighted by atomic mass is 10.1. The van der Waals surface area contributed by atoms with Crippen molar-refractivity contribution in [2.45, 2.75) is 40.2 Å². The first-order valence-corrected chi connectivity index (χ1v) is 5.26. The number of para-hydroxylation sites is 1. The van der Waals surface area contributed by atoms with Gasteiger partial charge in [-0.05, 0) is 45.7 Å². The van der Waals surface area contributed by atoms with Gasteiger partial charge in [0.05, 0.1) is 11.9 Å². The second-order valence-electron chi connectivity index (χ2n) is 4.84. The lowest BCUT2D eigenvalue weighted by molar-refractivity contribution is 0.586. The van der Waals surface area contributed by atoms with Crippen molar-refractivity contribution in [2.75, 3.05) is 5.32 Å². The van der Waals surface area contributed by atoms with Crippen molar-refractivity contribution in [1.29, 1.82) is 0 Å². The topological polar surface area (TPSA) is 24.4 Å². The molecule has 0 atom stereocenters. The quantitative estimate of drug-likeness (QED) is 0.578. The van der Waals surface area contributed by atoms with Gasteiger partial charge in [0.1, 0.15) is 0 Å². The van der Waals surface area contributed by atoms with Crippen molar-refractivity contribution >= 4 is 12.0 Å². The molecule has 0 fully saturated rings. The third-order valence-electron chi connectivity index (χ3n) is 2.14. The molecule has 1 rings (SSSR count). The molecule has 0 unspecified atom stereocenters. The van der Waals surface area contributed by atoms with Gasteiger partial charge in [-0.1, -0.05) is 18.2 Å². The highest BCUT2D eigenvalue weighted by Gasteiger charge is 2.05. The summed E-state index contributed by atoms with van der Waals surface area (Å²) in [6.07, 6.45) is 1.79. The molecule has 0 spiro atoms. The van der Waals surface area contributed by atoms with Crippen molar-refractivity contribution in [3.63, 3.8) is 0 Å². The molecule has 0 amide bonds. The monoisotopic (exact) mass is 204 g/mol. The van der Waals surface area contributed by atoms with Gasteiger partial charge in [-0.25, -0.2) is 0 Å². The largest absolute Gasteiger partial charge is 0.346 e. The summed E-state index contributed by atoms with van der Waals surface area (Å²) >= 11 is 0. The predicted octanol–water partition coefficient (Wildman–Crippen LogP) is 3.54. The highest BCUT2D eigenvalue weighted by molar-refractivity contribution is 5.79. The average Bonchev–Trinajstić information content (AvgIpc) is 2.08. The van der Waals surface area contributed by atoms with Crippen molar-refractivity contribution in [3.8, 4) is 0 Å². The number of hydrogen-bond donors (Lipinski definition) is 1. The maximum atomic E-state index is 4.40. The zero-order chi connectivity index (χ0) is 11.5. The molecule has 0 radical (unpaired) electrons. The standard InChI is InChI=1S/C13H20N2/c1-10-7-6-8-11(2)12(10)14-9-15-13(3,4)5/h6-9H,1-5H3,(H,14,15). The molecule has 0 saturated heterocycles. The van der Waals surface area contributed by atoms with E-state index in [1.807, 2.05) is 0 Å². The number of nitrogens with one attached hydrogen (secondary N) is 1. The number of rotatable bonds is 2. The normalized spacial score (nSPS) is 12.1. The minimum Gasteiger partial charge on any atom is -0.346 e. The van der Waals surface area contributed by atoms with Gasteiger partial charge in [0.25, 0.3) is 0 Å². The minimum atomic E-state index is -0.0242. The fourth-order valence-electron chi connectivity index (χ4n) is 1.33. The second-order valence-corrected chi connectivity index (χ2v) is 4.84. The van der Waals surface area contributed by atoms with Gasteiger partial charge in [-0.2, -0.15) is 0 Å². The molecule has 82 valence electrons. The smallest absolute Gasteiger partial charge is 0.0874 e. The summed E-state index contributed by atoms with van der Waals surface area (Å²) < 4.78 is 0. The van der Waals surface area contributed by atoms with Crippen molar-refractivity contribution < 1.29 is 0 Å². The lowest BCUT2D eigenvalue weighted by Gasteiger charge is -2.13. The molecule has 1 aromatic carbocycles.